The zero-order chi connectivity index (χ0) is 15.0. The van der Waals surface area contributed by atoms with Gasteiger partial charge in [-0.3, -0.25) is 4.79 Å². The van der Waals surface area contributed by atoms with E-state index in [1.165, 1.54) is 0 Å². The van der Waals surface area contributed by atoms with Gasteiger partial charge in [0.25, 0.3) is 5.91 Å². The van der Waals surface area contributed by atoms with Gasteiger partial charge in [-0.2, -0.15) is 0 Å². The Morgan fingerprint density at radius 2 is 2.05 bits per heavy atom. The first-order valence-corrected chi connectivity index (χ1v) is 8.09. The average molecular weight is 342 g/mol. The smallest absolute Gasteiger partial charge is 0.255 e. The van der Waals surface area contributed by atoms with Crippen molar-refractivity contribution >= 4 is 27.7 Å². The van der Waals surface area contributed by atoms with E-state index in [4.69, 9.17) is 0 Å². The number of halogens is 1. The van der Waals surface area contributed by atoms with Gasteiger partial charge in [0.05, 0.1) is 5.56 Å². The number of anilines is 1. The first kappa shape index (κ1) is 17.0. The lowest BCUT2D eigenvalue weighted by atomic mass is 10.0. The first-order chi connectivity index (χ1) is 9.62. The molecule has 0 aliphatic carbocycles. The second kappa shape index (κ2) is 8.95. The third kappa shape index (κ3) is 5.12. The summed E-state index contributed by atoms with van der Waals surface area (Å²) in [6, 6.07) is 1.81. The van der Waals surface area contributed by atoms with E-state index >= 15 is 0 Å². The third-order valence-electron chi connectivity index (χ3n) is 3.35. The van der Waals surface area contributed by atoms with Gasteiger partial charge in [-0.15, -0.1) is 0 Å². The summed E-state index contributed by atoms with van der Waals surface area (Å²) in [6.07, 6.45) is 4.85. The van der Waals surface area contributed by atoms with Gasteiger partial charge in [-0.1, -0.05) is 33.6 Å². The first-order valence-electron chi connectivity index (χ1n) is 7.29. The Kier molecular flexibility index (Phi) is 7.59. The second-order valence-corrected chi connectivity index (χ2v) is 5.78. The van der Waals surface area contributed by atoms with E-state index < -0.39 is 0 Å². The maximum atomic E-state index is 12.3. The molecule has 20 heavy (non-hydrogen) atoms. The molecule has 0 bridgehead atoms. The lowest BCUT2D eigenvalue weighted by molar-refractivity contribution is 0.0947. The van der Waals surface area contributed by atoms with Crippen molar-refractivity contribution in [1.82, 2.24) is 10.3 Å². The molecule has 0 atom stereocenters. The van der Waals surface area contributed by atoms with Gasteiger partial charge in [-0.25, -0.2) is 4.98 Å². The zero-order valence-electron chi connectivity index (χ0n) is 12.5. The van der Waals surface area contributed by atoms with Crippen LogP contribution in [-0.2, 0) is 0 Å². The summed E-state index contributed by atoms with van der Waals surface area (Å²) in [7, 11) is 0. The Labute approximate surface area is 129 Å². The molecule has 0 saturated carbocycles. The summed E-state index contributed by atoms with van der Waals surface area (Å²) in [5, 5.41) is 6.20. The molecule has 0 radical (unpaired) electrons. The summed E-state index contributed by atoms with van der Waals surface area (Å²) in [6.45, 7) is 7.90. The summed E-state index contributed by atoms with van der Waals surface area (Å²) < 4.78 is 0.812. The maximum absolute atomic E-state index is 12.3. The van der Waals surface area contributed by atoms with Gasteiger partial charge in [0.15, 0.2) is 0 Å². The molecule has 1 rings (SSSR count). The Bertz CT molecular complexity index is 433. The summed E-state index contributed by atoms with van der Waals surface area (Å²) in [4.78, 5) is 16.6. The fourth-order valence-electron chi connectivity index (χ4n) is 1.91. The Hall–Kier alpha value is -1.10. The van der Waals surface area contributed by atoms with E-state index in [0.717, 1.165) is 30.3 Å². The Morgan fingerprint density at radius 3 is 2.65 bits per heavy atom. The second-order valence-electron chi connectivity index (χ2n) is 4.87. The Morgan fingerprint density at radius 1 is 1.35 bits per heavy atom. The molecular weight excluding hydrogens is 318 g/mol. The van der Waals surface area contributed by atoms with Gasteiger partial charge >= 0.3 is 0 Å². The number of aromatic nitrogens is 1. The number of carbonyl (C=O) groups excluding carboxylic acids is 1. The van der Waals surface area contributed by atoms with E-state index in [2.05, 4.69) is 52.3 Å². The fraction of sp³-hybridized carbons (Fsp3) is 0.600. The van der Waals surface area contributed by atoms with Crippen LogP contribution >= 0.6 is 15.9 Å². The molecule has 2 N–H and O–H groups in total. The number of amides is 1. The predicted molar refractivity (Wildman–Crippen MR) is 87.1 cm³/mol. The fourth-order valence-corrected chi connectivity index (χ4v) is 2.24. The van der Waals surface area contributed by atoms with Crippen molar-refractivity contribution in [3.63, 3.8) is 0 Å². The zero-order valence-corrected chi connectivity index (χ0v) is 14.1. The summed E-state index contributed by atoms with van der Waals surface area (Å²) in [5.74, 6) is 1.12. The minimum Gasteiger partial charge on any atom is -0.369 e. The van der Waals surface area contributed by atoms with Crippen LogP contribution in [0.4, 0.5) is 5.82 Å². The van der Waals surface area contributed by atoms with Gasteiger partial charge in [0.2, 0.25) is 0 Å². The maximum Gasteiger partial charge on any atom is 0.255 e. The number of nitrogens with zero attached hydrogens (tertiary/aromatic N) is 1. The van der Waals surface area contributed by atoms with Crippen LogP contribution in [0.1, 0.15) is 50.4 Å². The normalized spacial score (nSPS) is 10.7. The monoisotopic (exact) mass is 341 g/mol. The van der Waals surface area contributed by atoms with Crippen molar-refractivity contribution in [3.8, 4) is 0 Å². The van der Waals surface area contributed by atoms with Crippen molar-refractivity contribution in [2.75, 3.05) is 18.4 Å². The van der Waals surface area contributed by atoms with Crippen LogP contribution in [-0.4, -0.2) is 24.0 Å². The summed E-state index contributed by atoms with van der Waals surface area (Å²) >= 11 is 3.37. The average Bonchev–Trinajstić information content (AvgIpc) is 2.46. The molecule has 0 aliphatic heterocycles. The molecule has 0 fully saturated rings. The molecule has 1 heterocycles. The number of nitrogens with one attached hydrogen (secondary N) is 2. The van der Waals surface area contributed by atoms with Gasteiger partial charge in [-0.05, 0) is 34.3 Å². The van der Waals surface area contributed by atoms with E-state index in [1.807, 2.05) is 6.07 Å². The van der Waals surface area contributed by atoms with E-state index in [-0.39, 0.29) is 5.91 Å². The largest absolute Gasteiger partial charge is 0.369 e. The number of rotatable bonds is 8. The Balaban J connectivity index is 2.76. The molecule has 5 heteroatoms. The lowest BCUT2D eigenvalue weighted by Gasteiger charge is -2.15. The highest BCUT2D eigenvalue weighted by molar-refractivity contribution is 9.10. The van der Waals surface area contributed by atoms with Crippen molar-refractivity contribution < 1.29 is 4.79 Å². The highest BCUT2D eigenvalue weighted by atomic mass is 79.9. The van der Waals surface area contributed by atoms with Crippen LogP contribution in [0, 0.1) is 5.92 Å². The van der Waals surface area contributed by atoms with E-state index in [0.29, 0.717) is 23.8 Å². The van der Waals surface area contributed by atoms with Crippen LogP contribution in [0.15, 0.2) is 16.7 Å². The van der Waals surface area contributed by atoms with Crippen LogP contribution < -0.4 is 10.6 Å². The molecule has 0 aromatic carbocycles. The number of carbonyl (C=O) groups is 1. The predicted octanol–water partition coefficient (Wildman–Crippen LogP) is 3.83. The van der Waals surface area contributed by atoms with Crippen LogP contribution in [0.25, 0.3) is 0 Å². The highest BCUT2D eigenvalue weighted by Gasteiger charge is 2.14. The van der Waals surface area contributed by atoms with Crippen molar-refractivity contribution in [3.05, 3.63) is 22.3 Å². The van der Waals surface area contributed by atoms with Crippen LogP contribution in [0.5, 0.6) is 0 Å². The number of hydrogen-bond donors (Lipinski definition) is 2. The van der Waals surface area contributed by atoms with Gasteiger partial charge in [0.1, 0.15) is 5.82 Å². The summed E-state index contributed by atoms with van der Waals surface area (Å²) in [5.41, 5.74) is 0.596. The quantitative estimate of drug-likeness (QED) is 0.755. The molecule has 0 saturated heterocycles. The molecule has 1 amide bonds. The van der Waals surface area contributed by atoms with Crippen molar-refractivity contribution in [1.29, 1.82) is 0 Å². The minimum absolute atomic E-state index is 0.0655. The topological polar surface area (TPSA) is 54.0 Å². The highest BCUT2D eigenvalue weighted by Crippen LogP contribution is 2.18. The van der Waals surface area contributed by atoms with Crippen molar-refractivity contribution in [2.24, 2.45) is 5.92 Å². The SMILES string of the molecule is CCCNc1ncc(Br)cc1C(=O)NCC(CC)CC. The molecule has 1 aromatic heterocycles. The molecule has 4 nitrogen and oxygen atoms in total. The number of pyridine rings is 1. The number of hydrogen-bond acceptors (Lipinski definition) is 3. The third-order valence-corrected chi connectivity index (χ3v) is 3.78. The molecule has 0 aliphatic rings. The minimum atomic E-state index is -0.0655. The standard InChI is InChI=1S/C15H24BrN3O/c1-4-7-17-14-13(8-12(16)10-18-14)15(20)19-9-11(5-2)6-3/h8,10-11H,4-7,9H2,1-3H3,(H,17,18)(H,19,20). The van der Waals surface area contributed by atoms with Crippen molar-refractivity contribution in [2.45, 2.75) is 40.0 Å². The molecule has 0 spiro atoms. The molecular formula is C15H24BrN3O. The van der Waals surface area contributed by atoms with E-state index in [1.54, 1.807) is 6.20 Å². The van der Waals surface area contributed by atoms with Gasteiger partial charge in [0, 0.05) is 23.8 Å². The van der Waals surface area contributed by atoms with Gasteiger partial charge < -0.3 is 10.6 Å². The molecule has 0 unspecified atom stereocenters. The van der Waals surface area contributed by atoms with E-state index in [9.17, 15) is 4.79 Å². The lowest BCUT2D eigenvalue weighted by Crippen LogP contribution is -2.29. The van der Waals surface area contributed by atoms with Crippen LogP contribution in [0.3, 0.4) is 0 Å². The molecule has 1 aromatic rings. The molecule has 112 valence electrons. The van der Waals surface area contributed by atoms with Crippen LogP contribution in [0.2, 0.25) is 0 Å².